The van der Waals surface area contributed by atoms with Crippen LogP contribution in [0, 0.1) is 12.7 Å². The smallest absolute Gasteiger partial charge is 0.257 e. The van der Waals surface area contributed by atoms with Crippen LogP contribution in [0.1, 0.15) is 34.6 Å². The van der Waals surface area contributed by atoms with E-state index in [1.165, 1.54) is 16.8 Å². The van der Waals surface area contributed by atoms with Crippen molar-refractivity contribution in [3.63, 3.8) is 0 Å². The molecule has 8 heteroatoms. The summed E-state index contributed by atoms with van der Waals surface area (Å²) in [5.41, 5.74) is 2.66. The Balaban J connectivity index is 1.54. The maximum absolute atomic E-state index is 13.5. The predicted octanol–water partition coefficient (Wildman–Crippen LogP) is 2.75. The summed E-state index contributed by atoms with van der Waals surface area (Å²) in [7, 11) is 0. The topological polar surface area (TPSA) is 65.2 Å². The summed E-state index contributed by atoms with van der Waals surface area (Å²) in [5.74, 6) is -0.446. The number of carbonyl (C=O) groups excluding carboxylic acids is 1. The number of carbonyl (C=O) groups is 1. The van der Waals surface area contributed by atoms with E-state index in [1.807, 2.05) is 17.8 Å². The molecule has 0 aliphatic carbocycles. The Bertz CT molecular complexity index is 996. The van der Waals surface area contributed by atoms with Gasteiger partial charge in [0.15, 0.2) is 0 Å². The molecular weight excluding hydrogens is 361 g/mol. The molecule has 1 aliphatic heterocycles. The number of ether oxygens (including phenoxy) is 1. The van der Waals surface area contributed by atoms with Crippen LogP contribution in [0.25, 0.3) is 5.69 Å². The highest BCUT2D eigenvalue weighted by molar-refractivity contribution is 5.95. The second-order valence-electron chi connectivity index (χ2n) is 6.79. The average Bonchev–Trinajstić information content (AvgIpc) is 3.34. The van der Waals surface area contributed by atoms with E-state index in [0.717, 1.165) is 12.1 Å². The van der Waals surface area contributed by atoms with Crippen molar-refractivity contribution in [2.75, 3.05) is 19.7 Å². The van der Waals surface area contributed by atoms with Crippen molar-refractivity contribution in [1.29, 1.82) is 0 Å². The first-order chi connectivity index (χ1) is 13.5. The zero-order valence-electron chi connectivity index (χ0n) is 15.9. The molecule has 0 radical (unpaired) electrons. The normalized spacial score (nSPS) is 17.1. The SMILES string of the molecule is CCn1cc(C2CN(C(=O)c3cn(-c4cccc(F)c4)nc3C)CCO2)cn1. The molecule has 1 aliphatic rings. The number of rotatable bonds is 4. The number of halogens is 1. The van der Waals surface area contributed by atoms with E-state index in [2.05, 4.69) is 10.2 Å². The number of amides is 1. The third-order valence-electron chi connectivity index (χ3n) is 4.90. The largest absolute Gasteiger partial charge is 0.370 e. The predicted molar refractivity (Wildman–Crippen MR) is 101 cm³/mol. The quantitative estimate of drug-likeness (QED) is 0.695. The molecule has 1 fully saturated rings. The molecule has 2 aromatic heterocycles. The first-order valence-electron chi connectivity index (χ1n) is 9.30. The summed E-state index contributed by atoms with van der Waals surface area (Å²) in [5, 5.41) is 8.67. The van der Waals surface area contributed by atoms with E-state index in [1.54, 1.807) is 36.4 Å². The second-order valence-corrected chi connectivity index (χ2v) is 6.79. The van der Waals surface area contributed by atoms with Crippen LogP contribution in [0.5, 0.6) is 0 Å². The Morgan fingerprint density at radius 3 is 2.96 bits per heavy atom. The number of aromatic nitrogens is 4. The van der Waals surface area contributed by atoms with Crippen molar-refractivity contribution < 1.29 is 13.9 Å². The first-order valence-corrected chi connectivity index (χ1v) is 9.30. The number of hydrogen-bond donors (Lipinski definition) is 0. The van der Waals surface area contributed by atoms with Crippen LogP contribution in [0.2, 0.25) is 0 Å². The van der Waals surface area contributed by atoms with Crippen LogP contribution in [0.15, 0.2) is 42.9 Å². The van der Waals surface area contributed by atoms with Gasteiger partial charge < -0.3 is 9.64 Å². The standard InChI is InChI=1S/C20H22FN5O2/c1-3-25-11-15(10-22-25)19-13-24(7-8-28-19)20(27)18-12-26(23-14(18)2)17-6-4-5-16(21)9-17/h4-6,9-12,19H,3,7-8,13H2,1-2H3. The van der Waals surface area contributed by atoms with Crippen LogP contribution in [0.3, 0.4) is 0 Å². The van der Waals surface area contributed by atoms with Gasteiger partial charge in [0.1, 0.15) is 11.9 Å². The third-order valence-corrected chi connectivity index (χ3v) is 4.90. The highest BCUT2D eigenvalue weighted by Crippen LogP contribution is 2.24. The van der Waals surface area contributed by atoms with E-state index < -0.39 is 0 Å². The molecule has 1 amide bonds. The molecule has 28 heavy (non-hydrogen) atoms. The Kier molecular flexibility index (Phi) is 4.95. The number of hydrogen-bond acceptors (Lipinski definition) is 4. The number of benzene rings is 1. The zero-order valence-corrected chi connectivity index (χ0v) is 15.9. The lowest BCUT2D eigenvalue weighted by molar-refractivity contribution is -0.0228. The minimum absolute atomic E-state index is 0.101. The van der Waals surface area contributed by atoms with Gasteiger partial charge in [-0.3, -0.25) is 9.48 Å². The van der Waals surface area contributed by atoms with Crippen molar-refractivity contribution in [2.45, 2.75) is 26.5 Å². The minimum Gasteiger partial charge on any atom is -0.370 e. The van der Waals surface area contributed by atoms with Gasteiger partial charge in [0, 0.05) is 31.0 Å². The first kappa shape index (κ1) is 18.4. The molecule has 7 nitrogen and oxygen atoms in total. The molecule has 1 aromatic carbocycles. The second kappa shape index (κ2) is 7.55. The summed E-state index contributed by atoms with van der Waals surface area (Å²) < 4.78 is 22.7. The fourth-order valence-electron chi connectivity index (χ4n) is 3.35. The van der Waals surface area contributed by atoms with Gasteiger partial charge in [-0.25, -0.2) is 9.07 Å². The maximum atomic E-state index is 13.5. The van der Waals surface area contributed by atoms with E-state index >= 15 is 0 Å². The van der Waals surface area contributed by atoms with E-state index in [-0.39, 0.29) is 17.8 Å². The van der Waals surface area contributed by atoms with Crippen molar-refractivity contribution in [2.24, 2.45) is 0 Å². The van der Waals surface area contributed by atoms with Crippen molar-refractivity contribution >= 4 is 5.91 Å². The van der Waals surface area contributed by atoms with E-state index in [0.29, 0.717) is 36.6 Å². The fraction of sp³-hybridized carbons (Fsp3) is 0.350. The van der Waals surface area contributed by atoms with Gasteiger partial charge in [-0.2, -0.15) is 10.2 Å². The van der Waals surface area contributed by atoms with Gasteiger partial charge in [0.2, 0.25) is 0 Å². The van der Waals surface area contributed by atoms with Gasteiger partial charge in [-0.15, -0.1) is 0 Å². The zero-order chi connectivity index (χ0) is 19.7. The monoisotopic (exact) mass is 383 g/mol. The number of nitrogens with zero attached hydrogens (tertiary/aromatic N) is 5. The number of morpholine rings is 1. The highest BCUT2D eigenvalue weighted by atomic mass is 19.1. The fourth-order valence-corrected chi connectivity index (χ4v) is 3.35. The Hall–Kier alpha value is -3.00. The molecule has 3 heterocycles. The average molecular weight is 383 g/mol. The lowest BCUT2D eigenvalue weighted by Crippen LogP contribution is -2.42. The van der Waals surface area contributed by atoms with Crippen LogP contribution < -0.4 is 0 Å². The van der Waals surface area contributed by atoms with Gasteiger partial charge in [0.25, 0.3) is 5.91 Å². The Labute approximate surface area is 162 Å². The number of aryl methyl sites for hydroxylation is 2. The van der Waals surface area contributed by atoms with Crippen LogP contribution in [0.4, 0.5) is 4.39 Å². The van der Waals surface area contributed by atoms with Crippen LogP contribution in [-0.2, 0) is 11.3 Å². The molecule has 1 unspecified atom stereocenters. The van der Waals surface area contributed by atoms with Gasteiger partial charge in [0.05, 0.1) is 36.3 Å². The van der Waals surface area contributed by atoms with Crippen molar-refractivity contribution in [3.05, 3.63) is 65.5 Å². The molecule has 0 N–H and O–H groups in total. The molecule has 146 valence electrons. The van der Waals surface area contributed by atoms with Gasteiger partial charge in [-0.05, 0) is 32.0 Å². The van der Waals surface area contributed by atoms with Gasteiger partial charge in [-0.1, -0.05) is 6.07 Å². The molecule has 3 aromatic rings. The summed E-state index contributed by atoms with van der Waals surface area (Å²) in [4.78, 5) is 14.9. The summed E-state index contributed by atoms with van der Waals surface area (Å²) >= 11 is 0. The molecule has 1 atom stereocenters. The molecule has 1 saturated heterocycles. The summed E-state index contributed by atoms with van der Waals surface area (Å²) in [6.07, 6.45) is 5.20. The minimum atomic E-state index is -0.345. The Morgan fingerprint density at radius 1 is 1.36 bits per heavy atom. The molecule has 0 saturated carbocycles. The molecule has 0 bridgehead atoms. The maximum Gasteiger partial charge on any atom is 0.257 e. The summed E-state index contributed by atoms with van der Waals surface area (Å²) in [6, 6.07) is 6.13. The van der Waals surface area contributed by atoms with Crippen LogP contribution in [-0.4, -0.2) is 50.1 Å². The van der Waals surface area contributed by atoms with Gasteiger partial charge >= 0.3 is 0 Å². The Morgan fingerprint density at radius 2 is 2.21 bits per heavy atom. The van der Waals surface area contributed by atoms with Crippen molar-refractivity contribution in [3.8, 4) is 5.69 Å². The van der Waals surface area contributed by atoms with E-state index in [9.17, 15) is 9.18 Å². The van der Waals surface area contributed by atoms with E-state index in [4.69, 9.17) is 4.74 Å². The molecule has 0 spiro atoms. The lowest BCUT2D eigenvalue weighted by atomic mass is 10.1. The van der Waals surface area contributed by atoms with Crippen LogP contribution >= 0.6 is 0 Å². The molecule has 4 rings (SSSR count). The summed E-state index contributed by atoms with van der Waals surface area (Å²) in [6.45, 7) is 6.03. The highest BCUT2D eigenvalue weighted by Gasteiger charge is 2.28. The molecular formula is C20H22FN5O2. The van der Waals surface area contributed by atoms with Crippen molar-refractivity contribution in [1.82, 2.24) is 24.5 Å². The lowest BCUT2D eigenvalue weighted by Gasteiger charge is -2.32. The third kappa shape index (κ3) is 3.55.